The van der Waals surface area contributed by atoms with Crippen LogP contribution in [0.5, 0.6) is 0 Å². The zero-order valence-electron chi connectivity index (χ0n) is 9.17. The summed E-state index contributed by atoms with van der Waals surface area (Å²) in [5.74, 6) is -0.105. The molecule has 0 aliphatic heterocycles. The Balaban J connectivity index is 2.48. The van der Waals surface area contributed by atoms with Crippen LogP contribution in [-0.2, 0) is 9.53 Å². The fourth-order valence-electron chi connectivity index (χ4n) is 1.73. The second-order valence-electron chi connectivity index (χ2n) is 4.51. The minimum Gasteiger partial charge on any atom is -0.379 e. The lowest BCUT2D eigenvalue weighted by molar-refractivity contribution is -0.126. The van der Waals surface area contributed by atoms with Gasteiger partial charge in [-0.05, 0) is 33.1 Å². The number of carbonyl (C=O) groups excluding carboxylic acids is 1. The molecule has 1 fully saturated rings. The summed E-state index contributed by atoms with van der Waals surface area (Å²) in [7, 11) is 1.68. The molecule has 0 spiro atoms. The molecule has 1 amide bonds. The number of nitrogens with two attached hydrogens (primary N) is 1. The van der Waals surface area contributed by atoms with Crippen LogP contribution < -0.4 is 11.1 Å². The van der Waals surface area contributed by atoms with Gasteiger partial charge in [0.15, 0.2) is 0 Å². The van der Waals surface area contributed by atoms with Gasteiger partial charge in [-0.2, -0.15) is 0 Å². The molecule has 14 heavy (non-hydrogen) atoms. The minimum absolute atomic E-state index is 0.105. The van der Waals surface area contributed by atoms with Gasteiger partial charge < -0.3 is 15.8 Å². The first-order chi connectivity index (χ1) is 6.45. The van der Waals surface area contributed by atoms with E-state index in [9.17, 15) is 4.79 Å². The van der Waals surface area contributed by atoms with Gasteiger partial charge in [0.05, 0.1) is 17.7 Å². The summed E-state index contributed by atoms with van der Waals surface area (Å²) in [5.41, 5.74) is 4.89. The summed E-state index contributed by atoms with van der Waals surface area (Å²) in [6.45, 7) is 3.41. The number of rotatable bonds is 3. The van der Waals surface area contributed by atoms with E-state index in [1.165, 1.54) is 0 Å². The SMILES string of the molecule is COC1CCCC1NC(=O)C(C)(C)N. The monoisotopic (exact) mass is 200 g/mol. The molecule has 3 N–H and O–H groups in total. The number of methoxy groups -OCH3 is 1. The fraction of sp³-hybridized carbons (Fsp3) is 0.900. The van der Waals surface area contributed by atoms with E-state index >= 15 is 0 Å². The summed E-state index contributed by atoms with van der Waals surface area (Å²) in [5, 5.41) is 2.93. The maximum atomic E-state index is 11.6. The van der Waals surface area contributed by atoms with E-state index in [4.69, 9.17) is 10.5 Å². The number of ether oxygens (including phenoxy) is 1. The van der Waals surface area contributed by atoms with E-state index in [-0.39, 0.29) is 18.1 Å². The predicted octanol–water partition coefficient (Wildman–Crippen LogP) is 0.407. The van der Waals surface area contributed by atoms with Crippen LogP contribution in [0.4, 0.5) is 0 Å². The molecule has 2 atom stereocenters. The average Bonchev–Trinajstić information content (AvgIpc) is 2.50. The van der Waals surface area contributed by atoms with Crippen molar-refractivity contribution in [3.05, 3.63) is 0 Å². The first-order valence-electron chi connectivity index (χ1n) is 5.08. The third-order valence-corrected chi connectivity index (χ3v) is 2.66. The zero-order valence-corrected chi connectivity index (χ0v) is 9.17. The van der Waals surface area contributed by atoms with Crippen LogP contribution >= 0.6 is 0 Å². The van der Waals surface area contributed by atoms with Crippen molar-refractivity contribution in [1.29, 1.82) is 0 Å². The van der Waals surface area contributed by atoms with Crippen LogP contribution in [-0.4, -0.2) is 30.7 Å². The molecular formula is C10H20N2O2. The third kappa shape index (κ3) is 2.69. The smallest absolute Gasteiger partial charge is 0.239 e. The van der Waals surface area contributed by atoms with Crippen molar-refractivity contribution >= 4 is 5.91 Å². The molecule has 1 aliphatic rings. The Labute approximate surface area is 85.2 Å². The molecule has 4 heteroatoms. The van der Waals surface area contributed by atoms with E-state index < -0.39 is 5.54 Å². The van der Waals surface area contributed by atoms with Crippen molar-refractivity contribution in [2.75, 3.05) is 7.11 Å². The summed E-state index contributed by atoms with van der Waals surface area (Å²) in [4.78, 5) is 11.6. The number of hydrogen-bond acceptors (Lipinski definition) is 3. The van der Waals surface area contributed by atoms with E-state index in [0.29, 0.717) is 0 Å². The minimum atomic E-state index is -0.805. The Morgan fingerprint density at radius 3 is 2.64 bits per heavy atom. The van der Waals surface area contributed by atoms with Gasteiger partial charge in [-0.25, -0.2) is 0 Å². The molecule has 4 nitrogen and oxygen atoms in total. The number of carbonyl (C=O) groups is 1. The average molecular weight is 200 g/mol. The molecule has 0 aromatic carbocycles. The van der Waals surface area contributed by atoms with E-state index in [1.54, 1.807) is 21.0 Å². The molecule has 0 aromatic rings. The van der Waals surface area contributed by atoms with Gasteiger partial charge in [-0.15, -0.1) is 0 Å². The first-order valence-corrected chi connectivity index (χ1v) is 5.08. The van der Waals surface area contributed by atoms with E-state index in [0.717, 1.165) is 19.3 Å². The summed E-state index contributed by atoms with van der Waals surface area (Å²) >= 11 is 0. The van der Waals surface area contributed by atoms with Crippen molar-refractivity contribution in [3.63, 3.8) is 0 Å². The second kappa shape index (κ2) is 4.28. The summed E-state index contributed by atoms with van der Waals surface area (Å²) in [6, 6.07) is 0.135. The van der Waals surface area contributed by atoms with Gasteiger partial charge in [0.2, 0.25) is 5.91 Å². The van der Waals surface area contributed by atoms with Gasteiger partial charge >= 0.3 is 0 Å². The Hall–Kier alpha value is -0.610. The molecule has 1 saturated carbocycles. The van der Waals surface area contributed by atoms with E-state index in [1.807, 2.05) is 0 Å². The van der Waals surface area contributed by atoms with Gasteiger partial charge in [0.1, 0.15) is 0 Å². The Morgan fingerprint density at radius 1 is 1.50 bits per heavy atom. The molecular weight excluding hydrogens is 180 g/mol. The molecule has 1 rings (SSSR count). The zero-order chi connectivity index (χ0) is 10.8. The van der Waals surface area contributed by atoms with Crippen molar-refractivity contribution in [3.8, 4) is 0 Å². The van der Waals surface area contributed by atoms with Crippen LogP contribution in [0.1, 0.15) is 33.1 Å². The molecule has 0 saturated heterocycles. The molecule has 0 aromatic heterocycles. The first kappa shape index (κ1) is 11.5. The highest BCUT2D eigenvalue weighted by atomic mass is 16.5. The van der Waals surface area contributed by atoms with Crippen LogP contribution in [0.2, 0.25) is 0 Å². The van der Waals surface area contributed by atoms with Gasteiger partial charge in [0, 0.05) is 7.11 Å². The van der Waals surface area contributed by atoms with E-state index in [2.05, 4.69) is 5.32 Å². The Bertz CT molecular complexity index is 211. The molecule has 82 valence electrons. The topological polar surface area (TPSA) is 64.3 Å². The lowest BCUT2D eigenvalue weighted by Gasteiger charge is -2.24. The van der Waals surface area contributed by atoms with Crippen LogP contribution in [0, 0.1) is 0 Å². The Morgan fingerprint density at radius 2 is 2.14 bits per heavy atom. The van der Waals surface area contributed by atoms with Gasteiger partial charge in [-0.1, -0.05) is 0 Å². The van der Waals surface area contributed by atoms with Gasteiger partial charge in [-0.3, -0.25) is 4.79 Å². The molecule has 0 heterocycles. The van der Waals surface area contributed by atoms with Crippen LogP contribution in [0.25, 0.3) is 0 Å². The normalized spacial score (nSPS) is 27.7. The molecule has 2 unspecified atom stereocenters. The number of hydrogen-bond donors (Lipinski definition) is 2. The van der Waals surface area contributed by atoms with Crippen molar-refractivity contribution in [2.45, 2.75) is 50.8 Å². The quantitative estimate of drug-likeness (QED) is 0.693. The highest BCUT2D eigenvalue weighted by Gasteiger charge is 2.31. The van der Waals surface area contributed by atoms with Crippen molar-refractivity contribution < 1.29 is 9.53 Å². The lowest BCUT2D eigenvalue weighted by atomic mass is 10.1. The third-order valence-electron chi connectivity index (χ3n) is 2.66. The highest BCUT2D eigenvalue weighted by Crippen LogP contribution is 2.21. The van der Waals surface area contributed by atoms with Gasteiger partial charge in [0.25, 0.3) is 0 Å². The number of amides is 1. The highest BCUT2D eigenvalue weighted by molar-refractivity contribution is 5.85. The van der Waals surface area contributed by atoms with Crippen LogP contribution in [0.3, 0.4) is 0 Å². The Kier molecular flexibility index (Phi) is 3.50. The predicted molar refractivity (Wildman–Crippen MR) is 54.8 cm³/mol. The molecule has 0 radical (unpaired) electrons. The largest absolute Gasteiger partial charge is 0.379 e. The summed E-state index contributed by atoms with van der Waals surface area (Å²) in [6.07, 6.45) is 3.27. The molecule has 1 aliphatic carbocycles. The fourth-order valence-corrected chi connectivity index (χ4v) is 1.73. The summed E-state index contributed by atoms with van der Waals surface area (Å²) < 4.78 is 5.28. The second-order valence-corrected chi connectivity index (χ2v) is 4.51. The van der Waals surface area contributed by atoms with Crippen LogP contribution in [0.15, 0.2) is 0 Å². The lowest BCUT2D eigenvalue weighted by Crippen LogP contribution is -2.53. The molecule has 0 bridgehead atoms. The van der Waals surface area contributed by atoms with Crippen molar-refractivity contribution in [2.24, 2.45) is 5.73 Å². The maximum absolute atomic E-state index is 11.6. The maximum Gasteiger partial charge on any atom is 0.239 e. The van der Waals surface area contributed by atoms with Crippen molar-refractivity contribution in [1.82, 2.24) is 5.32 Å². The number of nitrogens with one attached hydrogen (secondary N) is 1. The standard InChI is InChI=1S/C10H20N2O2/c1-10(2,11)9(13)12-7-5-4-6-8(7)14-3/h7-8H,4-6,11H2,1-3H3,(H,12,13).